The molecule has 7 heteroatoms. The van der Waals surface area contributed by atoms with E-state index in [9.17, 15) is 13.2 Å². The topological polar surface area (TPSA) is 78.2 Å². The van der Waals surface area contributed by atoms with Gasteiger partial charge in [0, 0.05) is 25.4 Å². The lowest BCUT2D eigenvalue weighted by atomic mass is 9.96. The van der Waals surface area contributed by atoms with Gasteiger partial charge in [-0.15, -0.1) is 11.3 Å². The molecule has 1 fully saturated rings. The van der Waals surface area contributed by atoms with Gasteiger partial charge in [0.15, 0.2) is 0 Å². The molecular formula is C12H14N2O3S2. The highest BCUT2D eigenvalue weighted by Crippen LogP contribution is 2.27. The number of thiophene rings is 1. The first-order valence-corrected chi connectivity index (χ1v) is 8.27. The van der Waals surface area contributed by atoms with Gasteiger partial charge in [0.2, 0.25) is 0 Å². The maximum Gasteiger partial charge on any atom is 0.252 e. The second-order valence-corrected chi connectivity index (χ2v) is 7.66. The van der Waals surface area contributed by atoms with Crippen LogP contribution in [0.15, 0.2) is 16.3 Å². The van der Waals surface area contributed by atoms with Crippen LogP contribution in [-0.2, 0) is 14.8 Å². The molecule has 0 aliphatic carbocycles. The second kappa shape index (κ2) is 5.41. The van der Waals surface area contributed by atoms with E-state index in [1.807, 2.05) is 13.0 Å². The number of ketones is 1. The van der Waals surface area contributed by atoms with Gasteiger partial charge >= 0.3 is 0 Å². The lowest BCUT2D eigenvalue weighted by molar-refractivity contribution is -0.125. The summed E-state index contributed by atoms with van der Waals surface area (Å²) in [5.41, 5.74) is 0. The summed E-state index contributed by atoms with van der Waals surface area (Å²) in [5.74, 6) is -0.0724. The van der Waals surface area contributed by atoms with Crippen molar-refractivity contribution < 1.29 is 13.2 Å². The number of rotatable bonds is 3. The summed E-state index contributed by atoms with van der Waals surface area (Å²) in [7, 11) is -3.57. The summed E-state index contributed by atoms with van der Waals surface area (Å²) >= 11 is 0.967. The zero-order valence-electron chi connectivity index (χ0n) is 10.5. The van der Waals surface area contributed by atoms with Crippen LogP contribution >= 0.6 is 11.3 Å². The molecule has 1 aromatic rings. The number of nitrogens with zero attached hydrogens (tertiary/aromatic N) is 2. The van der Waals surface area contributed by atoms with Crippen molar-refractivity contribution in [3.05, 3.63) is 17.0 Å². The average molecular weight is 298 g/mol. The molecule has 0 radical (unpaired) electrons. The molecular weight excluding hydrogens is 284 g/mol. The van der Waals surface area contributed by atoms with Crippen molar-refractivity contribution >= 4 is 27.1 Å². The largest absolute Gasteiger partial charge is 0.299 e. The standard InChI is InChI=1S/C12H14N2O3S2/c1-2-9-8-14(6-5-11(9)15)19(16,17)12-4-3-10(7-13)18-12/h3-4,9H,2,5-6,8H2,1H3. The third-order valence-electron chi connectivity index (χ3n) is 3.27. The highest BCUT2D eigenvalue weighted by Gasteiger charge is 2.34. The van der Waals surface area contributed by atoms with Gasteiger partial charge in [-0.3, -0.25) is 4.79 Å². The van der Waals surface area contributed by atoms with Gasteiger partial charge in [-0.25, -0.2) is 8.42 Å². The lowest BCUT2D eigenvalue weighted by Crippen LogP contribution is -2.43. The quantitative estimate of drug-likeness (QED) is 0.849. The SMILES string of the molecule is CCC1CN(S(=O)(=O)c2ccc(C#N)s2)CCC1=O. The van der Waals surface area contributed by atoms with Crippen LogP contribution in [0.1, 0.15) is 24.6 Å². The number of carbonyl (C=O) groups excluding carboxylic acids is 1. The molecule has 0 bridgehead atoms. The number of carbonyl (C=O) groups is 1. The number of hydrogen-bond donors (Lipinski definition) is 0. The smallest absolute Gasteiger partial charge is 0.252 e. The highest BCUT2D eigenvalue weighted by molar-refractivity contribution is 7.91. The lowest BCUT2D eigenvalue weighted by Gasteiger charge is -2.29. The average Bonchev–Trinajstić information content (AvgIpc) is 2.88. The third-order valence-corrected chi connectivity index (χ3v) is 6.59. The van der Waals surface area contributed by atoms with Crippen LogP contribution in [-0.4, -0.2) is 31.6 Å². The fourth-order valence-electron chi connectivity index (χ4n) is 2.10. The molecule has 1 unspecified atom stereocenters. The van der Waals surface area contributed by atoms with Crippen molar-refractivity contribution in [2.75, 3.05) is 13.1 Å². The van der Waals surface area contributed by atoms with E-state index in [4.69, 9.17) is 5.26 Å². The molecule has 5 nitrogen and oxygen atoms in total. The normalized spacial score (nSPS) is 21.3. The van der Waals surface area contributed by atoms with Crippen LogP contribution in [0.2, 0.25) is 0 Å². The predicted molar refractivity (Wildman–Crippen MR) is 71.2 cm³/mol. The molecule has 0 spiro atoms. The number of Topliss-reactive ketones (excluding diaryl/α,β-unsaturated/α-hetero) is 1. The van der Waals surface area contributed by atoms with E-state index in [1.165, 1.54) is 16.4 Å². The Morgan fingerprint density at radius 1 is 1.53 bits per heavy atom. The maximum absolute atomic E-state index is 12.4. The van der Waals surface area contributed by atoms with E-state index < -0.39 is 10.0 Å². The second-order valence-electron chi connectivity index (χ2n) is 4.42. The van der Waals surface area contributed by atoms with Gasteiger partial charge in [-0.2, -0.15) is 9.57 Å². The van der Waals surface area contributed by atoms with Crippen molar-refractivity contribution in [2.24, 2.45) is 5.92 Å². The number of piperidine rings is 1. The Morgan fingerprint density at radius 3 is 2.84 bits per heavy atom. The van der Waals surface area contributed by atoms with Crippen molar-refractivity contribution in [3.63, 3.8) is 0 Å². The molecule has 1 aromatic heterocycles. The van der Waals surface area contributed by atoms with Gasteiger partial charge in [-0.1, -0.05) is 6.92 Å². The van der Waals surface area contributed by atoms with Crippen molar-refractivity contribution in [2.45, 2.75) is 24.0 Å². The molecule has 19 heavy (non-hydrogen) atoms. The minimum absolute atomic E-state index is 0.137. The van der Waals surface area contributed by atoms with Crippen molar-refractivity contribution in [3.8, 4) is 6.07 Å². The van der Waals surface area contributed by atoms with E-state index in [0.717, 1.165) is 11.3 Å². The fourth-order valence-corrected chi connectivity index (χ4v) is 4.84. The van der Waals surface area contributed by atoms with Crippen LogP contribution in [0.4, 0.5) is 0 Å². The zero-order chi connectivity index (χ0) is 14.0. The molecule has 0 amide bonds. The van der Waals surface area contributed by atoms with E-state index in [-0.39, 0.29) is 35.4 Å². The Labute approximate surface area is 116 Å². The Bertz CT molecular complexity index is 628. The first kappa shape index (κ1) is 14.2. The molecule has 0 N–H and O–H groups in total. The minimum Gasteiger partial charge on any atom is -0.299 e. The van der Waals surface area contributed by atoms with Gasteiger partial charge in [-0.05, 0) is 18.6 Å². The fraction of sp³-hybridized carbons (Fsp3) is 0.500. The summed E-state index contributed by atoms with van der Waals surface area (Å²) in [6.45, 7) is 2.37. The molecule has 1 saturated heterocycles. The first-order valence-electron chi connectivity index (χ1n) is 6.01. The van der Waals surface area contributed by atoms with Crippen molar-refractivity contribution in [1.29, 1.82) is 5.26 Å². The first-order chi connectivity index (χ1) is 8.98. The minimum atomic E-state index is -3.57. The molecule has 1 aliphatic rings. The van der Waals surface area contributed by atoms with Crippen molar-refractivity contribution in [1.82, 2.24) is 4.31 Å². The van der Waals surface area contributed by atoms with E-state index in [0.29, 0.717) is 11.3 Å². The van der Waals surface area contributed by atoms with Crippen LogP contribution in [0.25, 0.3) is 0 Å². The summed E-state index contributed by atoms with van der Waals surface area (Å²) in [4.78, 5) is 12.0. The van der Waals surface area contributed by atoms with Crippen LogP contribution in [0, 0.1) is 17.2 Å². The summed E-state index contributed by atoms with van der Waals surface area (Å²) in [6, 6.07) is 4.89. The molecule has 2 heterocycles. The van der Waals surface area contributed by atoms with Crippen LogP contribution in [0.3, 0.4) is 0 Å². The maximum atomic E-state index is 12.4. The molecule has 0 saturated carbocycles. The predicted octanol–water partition coefficient (Wildman–Crippen LogP) is 1.61. The van der Waals surface area contributed by atoms with E-state index in [1.54, 1.807) is 0 Å². The number of sulfonamides is 1. The molecule has 102 valence electrons. The summed E-state index contributed by atoms with van der Waals surface area (Å²) in [6.07, 6.45) is 0.924. The van der Waals surface area contributed by atoms with Gasteiger partial charge < -0.3 is 0 Å². The summed E-state index contributed by atoms with van der Waals surface area (Å²) < 4.78 is 26.3. The monoisotopic (exact) mass is 298 g/mol. The molecule has 1 aliphatic heterocycles. The van der Waals surface area contributed by atoms with E-state index >= 15 is 0 Å². The number of hydrogen-bond acceptors (Lipinski definition) is 5. The van der Waals surface area contributed by atoms with Gasteiger partial charge in [0.05, 0.1) is 0 Å². The van der Waals surface area contributed by atoms with Gasteiger partial charge in [0.1, 0.15) is 20.9 Å². The Balaban J connectivity index is 2.25. The molecule has 2 rings (SSSR count). The van der Waals surface area contributed by atoms with Crippen LogP contribution in [0.5, 0.6) is 0 Å². The number of nitriles is 1. The molecule has 1 atom stereocenters. The highest BCUT2D eigenvalue weighted by atomic mass is 32.2. The Hall–Kier alpha value is -1.23. The summed E-state index contributed by atoms with van der Waals surface area (Å²) in [5, 5.41) is 8.75. The zero-order valence-corrected chi connectivity index (χ0v) is 12.1. The third kappa shape index (κ3) is 2.71. The Morgan fingerprint density at radius 2 is 2.26 bits per heavy atom. The molecule has 0 aromatic carbocycles. The van der Waals surface area contributed by atoms with E-state index in [2.05, 4.69) is 0 Å². The van der Waals surface area contributed by atoms with Gasteiger partial charge in [0.25, 0.3) is 10.0 Å². The Kier molecular flexibility index (Phi) is 4.04. The van der Waals surface area contributed by atoms with Crippen LogP contribution < -0.4 is 0 Å².